The van der Waals surface area contributed by atoms with Crippen molar-refractivity contribution in [2.24, 2.45) is 11.3 Å². The minimum atomic E-state index is -1.06. The highest BCUT2D eigenvalue weighted by molar-refractivity contribution is 5.84. The van der Waals surface area contributed by atoms with E-state index in [9.17, 15) is 14.7 Å². The monoisotopic (exact) mass is 254 g/mol. The van der Waals surface area contributed by atoms with E-state index in [2.05, 4.69) is 15.0 Å². The number of hydrogen-bond acceptors (Lipinski definition) is 4. The minimum absolute atomic E-state index is 0.0577. The molecule has 0 saturated heterocycles. The summed E-state index contributed by atoms with van der Waals surface area (Å²) in [6.45, 7) is 5.40. The molecule has 0 bridgehead atoms. The van der Waals surface area contributed by atoms with E-state index in [1.165, 1.54) is 6.26 Å². The number of carbonyl (C=O) groups is 2. The van der Waals surface area contributed by atoms with Gasteiger partial charge in [0.05, 0.1) is 12.0 Å². The lowest BCUT2D eigenvalue weighted by atomic mass is 9.76. The zero-order valence-corrected chi connectivity index (χ0v) is 10.8. The van der Waals surface area contributed by atoms with Crippen LogP contribution in [0.25, 0.3) is 0 Å². The Hall–Kier alpha value is -1.85. The highest BCUT2D eigenvalue weighted by Gasteiger charge is 2.38. The maximum absolute atomic E-state index is 11.7. The average molecular weight is 254 g/mol. The normalized spacial score (nSPS) is 14.2. The standard InChI is InChI=1S/C12H18N2O4/c1-8(2)12(3,11(16)17)6-10(15)13-7-9-4-5-18-14-9/h4-5,8H,6-7H2,1-3H3,(H,13,15)(H,16,17). The van der Waals surface area contributed by atoms with Crippen LogP contribution in [-0.4, -0.2) is 22.1 Å². The third-order valence-electron chi connectivity index (χ3n) is 3.25. The second-order valence-electron chi connectivity index (χ2n) is 4.82. The number of aromatic nitrogens is 1. The molecule has 1 heterocycles. The summed E-state index contributed by atoms with van der Waals surface area (Å²) in [6.07, 6.45) is 1.36. The van der Waals surface area contributed by atoms with E-state index in [1.807, 2.05) is 0 Å². The van der Waals surface area contributed by atoms with Crippen molar-refractivity contribution in [3.8, 4) is 0 Å². The van der Waals surface area contributed by atoms with Crippen LogP contribution in [-0.2, 0) is 16.1 Å². The van der Waals surface area contributed by atoms with E-state index < -0.39 is 11.4 Å². The van der Waals surface area contributed by atoms with Crippen molar-refractivity contribution < 1.29 is 19.2 Å². The zero-order chi connectivity index (χ0) is 13.8. The molecule has 0 aliphatic rings. The zero-order valence-electron chi connectivity index (χ0n) is 10.8. The Kier molecular flexibility index (Phi) is 4.47. The molecule has 0 aliphatic carbocycles. The SMILES string of the molecule is CC(C)C(C)(CC(=O)NCc1ccon1)C(=O)O. The van der Waals surface area contributed by atoms with Crippen molar-refractivity contribution in [1.82, 2.24) is 10.5 Å². The van der Waals surface area contributed by atoms with E-state index in [1.54, 1.807) is 26.8 Å². The second-order valence-corrected chi connectivity index (χ2v) is 4.82. The largest absolute Gasteiger partial charge is 0.481 e. The Balaban J connectivity index is 2.55. The fourth-order valence-corrected chi connectivity index (χ4v) is 1.44. The Bertz CT molecular complexity index is 414. The number of hydrogen-bond donors (Lipinski definition) is 2. The molecule has 1 rings (SSSR count). The lowest BCUT2D eigenvalue weighted by Gasteiger charge is -2.28. The molecule has 0 aromatic carbocycles. The maximum Gasteiger partial charge on any atom is 0.310 e. The highest BCUT2D eigenvalue weighted by atomic mass is 16.5. The van der Waals surface area contributed by atoms with Crippen molar-refractivity contribution >= 4 is 11.9 Å². The third kappa shape index (κ3) is 3.32. The lowest BCUT2D eigenvalue weighted by molar-refractivity contribution is -0.153. The Morgan fingerprint density at radius 2 is 2.22 bits per heavy atom. The van der Waals surface area contributed by atoms with Gasteiger partial charge in [0, 0.05) is 12.5 Å². The minimum Gasteiger partial charge on any atom is -0.481 e. The number of carbonyl (C=O) groups excluding carboxylic acids is 1. The van der Waals surface area contributed by atoms with Gasteiger partial charge in [-0.15, -0.1) is 0 Å². The van der Waals surface area contributed by atoms with Crippen LogP contribution >= 0.6 is 0 Å². The first-order valence-corrected chi connectivity index (χ1v) is 5.75. The lowest BCUT2D eigenvalue weighted by Crippen LogP contribution is -2.39. The fourth-order valence-electron chi connectivity index (χ4n) is 1.44. The number of aliphatic carboxylic acids is 1. The molecule has 0 saturated carbocycles. The summed E-state index contributed by atoms with van der Waals surface area (Å²) < 4.78 is 4.63. The first-order valence-electron chi connectivity index (χ1n) is 5.75. The van der Waals surface area contributed by atoms with Gasteiger partial charge in [0.1, 0.15) is 12.0 Å². The van der Waals surface area contributed by atoms with Crippen molar-refractivity contribution in [3.05, 3.63) is 18.0 Å². The van der Waals surface area contributed by atoms with E-state index in [0.29, 0.717) is 5.69 Å². The Morgan fingerprint density at radius 1 is 1.56 bits per heavy atom. The molecule has 0 aliphatic heterocycles. The first kappa shape index (κ1) is 14.2. The molecule has 2 N–H and O–H groups in total. The molecule has 1 aromatic heterocycles. The summed E-state index contributed by atoms with van der Waals surface area (Å²) in [7, 11) is 0. The van der Waals surface area contributed by atoms with Gasteiger partial charge in [0.15, 0.2) is 0 Å². The quantitative estimate of drug-likeness (QED) is 0.801. The second kappa shape index (κ2) is 5.66. The molecule has 100 valence electrons. The summed E-state index contributed by atoms with van der Waals surface area (Å²) in [5.74, 6) is -1.40. The van der Waals surface area contributed by atoms with Crippen LogP contribution < -0.4 is 5.32 Å². The molecule has 6 nitrogen and oxygen atoms in total. The molecular formula is C12H18N2O4. The Labute approximate surface area is 105 Å². The molecule has 1 amide bonds. The van der Waals surface area contributed by atoms with Crippen LogP contribution in [0.2, 0.25) is 0 Å². The highest BCUT2D eigenvalue weighted by Crippen LogP contribution is 2.31. The van der Waals surface area contributed by atoms with Crippen LogP contribution in [0.4, 0.5) is 0 Å². The molecule has 18 heavy (non-hydrogen) atoms. The van der Waals surface area contributed by atoms with Crippen LogP contribution in [0.5, 0.6) is 0 Å². The smallest absolute Gasteiger partial charge is 0.310 e. The van der Waals surface area contributed by atoms with Gasteiger partial charge in [-0.05, 0) is 12.8 Å². The summed E-state index contributed by atoms with van der Waals surface area (Å²) in [5.41, 5.74) is -0.460. The molecule has 1 unspecified atom stereocenters. The third-order valence-corrected chi connectivity index (χ3v) is 3.25. The molecule has 0 spiro atoms. The van der Waals surface area contributed by atoms with E-state index in [0.717, 1.165) is 0 Å². The van der Waals surface area contributed by atoms with Gasteiger partial charge in [0.2, 0.25) is 5.91 Å². The van der Waals surface area contributed by atoms with Gasteiger partial charge in [-0.2, -0.15) is 0 Å². The maximum atomic E-state index is 11.7. The molecule has 6 heteroatoms. The molecule has 0 fully saturated rings. The van der Waals surface area contributed by atoms with E-state index >= 15 is 0 Å². The summed E-state index contributed by atoms with van der Waals surface area (Å²) >= 11 is 0. The van der Waals surface area contributed by atoms with Gasteiger partial charge in [-0.3, -0.25) is 9.59 Å². The summed E-state index contributed by atoms with van der Waals surface area (Å²) in [4.78, 5) is 23.0. The molecule has 1 aromatic rings. The van der Waals surface area contributed by atoms with Gasteiger partial charge in [0.25, 0.3) is 0 Å². The molecule has 1 atom stereocenters. The fraction of sp³-hybridized carbons (Fsp3) is 0.583. The van der Waals surface area contributed by atoms with Crippen LogP contribution in [0.15, 0.2) is 16.9 Å². The van der Waals surface area contributed by atoms with Crippen molar-refractivity contribution in [2.75, 3.05) is 0 Å². The summed E-state index contributed by atoms with van der Waals surface area (Å²) in [6, 6.07) is 1.64. The average Bonchev–Trinajstić information content (AvgIpc) is 2.78. The first-order chi connectivity index (χ1) is 8.36. The number of nitrogens with one attached hydrogen (secondary N) is 1. The van der Waals surface area contributed by atoms with Gasteiger partial charge in [-0.1, -0.05) is 19.0 Å². The van der Waals surface area contributed by atoms with E-state index in [-0.39, 0.29) is 24.8 Å². The number of carboxylic acids is 1. The number of nitrogens with zero attached hydrogens (tertiary/aromatic N) is 1. The van der Waals surface area contributed by atoms with Crippen molar-refractivity contribution in [2.45, 2.75) is 33.7 Å². The van der Waals surface area contributed by atoms with Crippen LogP contribution in [0.3, 0.4) is 0 Å². The van der Waals surface area contributed by atoms with Gasteiger partial charge < -0.3 is 14.9 Å². The van der Waals surface area contributed by atoms with E-state index in [4.69, 9.17) is 0 Å². The number of carboxylic acid groups (broad SMARTS) is 1. The Morgan fingerprint density at radius 3 is 2.67 bits per heavy atom. The van der Waals surface area contributed by atoms with Crippen LogP contribution in [0, 0.1) is 11.3 Å². The molecular weight excluding hydrogens is 236 g/mol. The van der Waals surface area contributed by atoms with Gasteiger partial charge >= 0.3 is 5.97 Å². The van der Waals surface area contributed by atoms with Crippen LogP contribution in [0.1, 0.15) is 32.9 Å². The van der Waals surface area contributed by atoms with Gasteiger partial charge in [-0.25, -0.2) is 0 Å². The predicted molar refractivity (Wildman–Crippen MR) is 63.5 cm³/mol. The predicted octanol–water partition coefficient (Wildman–Crippen LogP) is 1.43. The van der Waals surface area contributed by atoms with Crippen molar-refractivity contribution in [1.29, 1.82) is 0 Å². The number of rotatable bonds is 6. The number of amides is 1. The topological polar surface area (TPSA) is 92.4 Å². The van der Waals surface area contributed by atoms with Crippen molar-refractivity contribution in [3.63, 3.8) is 0 Å². The molecule has 0 radical (unpaired) electrons. The summed E-state index contributed by atoms with van der Waals surface area (Å²) in [5, 5.41) is 15.5.